The molecule has 1 aromatic rings. The SMILES string of the molecule is COC(=O)CNS(=O)(=O)c1cc(C(=O)O)n(C(C)C)c1. The Kier molecular flexibility index (Phi) is 4.90. The van der Waals surface area contributed by atoms with Crippen molar-refractivity contribution in [2.75, 3.05) is 13.7 Å². The van der Waals surface area contributed by atoms with Crippen molar-refractivity contribution in [2.24, 2.45) is 0 Å². The van der Waals surface area contributed by atoms with Crippen LogP contribution >= 0.6 is 0 Å². The number of carbonyl (C=O) groups excluding carboxylic acids is 1. The Hall–Kier alpha value is -1.87. The topological polar surface area (TPSA) is 115 Å². The minimum Gasteiger partial charge on any atom is -0.477 e. The van der Waals surface area contributed by atoms with Crippen LogP contribution in [0.5, 0.6) is 0 Å². The number of aromatic nitrogens is 1. The predicted octanol–water partition coefficient (Wildman–Crippen LogP) is 0.218. The van der Waals surface area contributed by atoms with E-state index in [0.717, 1.165) is 13.2 Å². The fourth-order valence-electron chi connectivity index (χ4n) is 1.51. The smallest absolute Gasteiger partial charge is 0.352 e. The fourth-order valence-corrected chi connectivity index (χ4v) is 2.50. The average Bonchev–Trinajstić information content (AvgIpc) is 2.82. The summed E-state index contributed by atoms with van der Waals surface area (Å²) in [6.45, 7) is 2.93. The van der Waals surface area contributed by atoms with E-state index in [4.69, 9.17) is 5.11 Å². The number of nitrogens with zero attached hydrogens (tertiary/aromatic N) is 1. The van der Waals surface area contributed by atoms with Gasteiger partial charge in [0.25, 0.3) is 0 Å². The van der Waals surface area contributed by atoms with E-state index in [2.05, 4.69) is 4.74 Å². The molecular weight excluding hydrogens is 288 g/mol. The van der Waals surface area contributed by atoms with Crippen LogP contribution in [-0.4, -0.2) is 43.7 Å². The molecule has 0 aliphatic heterocycles. The first-order chi connectivity index (χ1) is 9.19. The number of ether oxygens (including phenoxy) is 1. The summed E-state index contributed by atoms with van der Waals surface area (Å²) in [6, 6.07) is 0.827. The lowest BCUT2D eigenvalue weighted by atomic mass is 10.3. The van der Waals surface area contributed by atoms with Crippen LogP contribution in [-0.2, 0) is 19.6 Å². The number of methoxy groups -OCH3 is 1. The third-order valence-electron chi connectivity index (χ3n) is 2.54. The first-order valence-electron chi connectivity index (χ1n) is 5.70. The van der Waals surface area contributed by atoms with Gasteiger partial charge in [-0.2, -0.15) is 4.72 Å². The second-order valence-electron chi connectivity index (χ2n) is 4.27. The standard InChI is InChI=1S/C11H16N2O6S/c1-7(2)13-6-8(4-9(13)11(15)16)20(17,18)12-5-10(14)19-3/h4,6-7,12H,5H2,1-3H3,(H,15,16). The van der Waals surface area contributed by atoms with Crippen LogP contribution in [0.2, 0.25) is 0 Å². The van der Waals surface area contributed by atoms with Crippen molar-refractivity contribution in [3.63, 3.8) is 0 Å². The van der Waals surface area contributed by atoms with Crippen molar-refractivity contribution >= 4 is 22.0 Å². The number of rotatable bonds is 6. The second-order valence-corrected chi connectivity index (χ2v) is 6.03. The first-order valence-corrected chi connectivity index (χ1v) is 7.19. The van der Waals surface area contributed by atoms with Crippen molar-refractivity contribution in [3.05, 3.63) is 18.0 Å². The molecule has 0 saturated heterocycles. The minimum atomic E-state index is -3.97. The van der Waals surface area contributed by atoms with Crippen molar-refractivity contribution < 1.29 is 27.9 Å². The number of nitrogens with one attached hydrogen (secondary N) is 1. The summed E-state index contributed by atoms with van der Waals surface area (Å²) >= 11 is 0. The predicted molar refractivity (Wildman–Crippen MR) is 69.0 cm³/mol. The number of aromatic carboxylic acids is 1. The van der Waals surface area contributed by atoms with E-state index in [0.29, 0.717) is 0 Å². The lowest BCUT2D eigenvalue weighted by Crippen LogP contribution is -2.30. The van der Waals surface area contributed by atoms with E-state index < -0.39 is 28.5 Å². The maximum absolute atomic E-state index is 11.9. The van der Waals surface area contributed by atoms with Gasteiger partial charge in [-0.3, -0.25) is 4.79 Å². The van der Waals surface area contributed by atoms with E-state index in [9.17, 15) is 18.0 Å². The summed E-state index contributed by atoms with van der Waals surface area (Å²) < 4.78 is 31.6. The highest BCUT2D eigenvalue weighted by Gasteiger charge is 2.23. The van der Waals surface area contributed by atoms with E-state index in [1.165, 1.54) is 10.8 Å². The zero-order valence-electron chi connectivity index (χ0n) is 11.3. The molecular formula is C11H16N2O6S. The molecule has 0 unspecified atom stereocenters. The summed E-state index contributed by atoms with van der Waals surface area (Å²) in [4.78, 5) is 21.8. The van der Waals surface area contributed by atoms with Crippen molar-refractivity contribution in [1.29, 1.82) is 0 Å². The van der Waals surface area contributed by atoms with Crippen molar-refractivity contribution in [1.82, 2.24) is 9.29 Å². The number of hydrogen-bond donors (Lipinski definition) is 2. The van der Waals surface area contributed by atoms with E-state index in [1.807, 2.05) is 4.72 Å². The molecule has 112 valence electrons. The van der Waals surface area contributed by atoms with Crippen LogP contribution < -0.4 is 4.72 Å². The highest BCUT2D eigenvalue weighted by molar-refractivity contribution is 7.89. The van der Waals surface area contributed by atoms with Gasteiger partial charge in [0, 0.05) is 12.2 Å². The zero-order valence-corrected chi connectivity index (χ0v) is 12.1. The molecule has 1 aromatic heterocycles. The fraction of sp³-hybridized carbons (Fsp3) is 0.455. The summed E-state index contributed by atoms with van der Waals surface area (Å²) in [5, 5.41) is 9.04. The molecule has 0 aromatic carbocycles. The minimum absolute atomic E-state index is 0.140. The van der Waals surface area contributed by atoms with Crippen LogP contribution in [0.3, 0.4) is 0 Å². The van der Waals surface area contributed by atoms with Crippen LogP contribution in [0.25, 0.3) is 0 Å². The quantitative estimate of drug-likeness (QED) is 0.726. The summed E-state index contributed by atoms with van der Waals surface area (Å²) in [5.41, 5.74) is -0.140. The van der Waals surface area contributed by atoms with Gasteiger partial charge >= 0.3 is 11.9 Å². The van der Waals surface area contributed by atoms with Gasteiger partial charge in [0.15, 0.2) is 0 Å². The monoisotopic (exact) mass is 304 g/mol. The Morgan fingerprint density at radius 2 is 2.05 bits per heavy atom. The number of carboxylic acids is 1. The van der Waals surface area contributed by atoms with Gasteiger partial charge < -0.3 is 14.4 Å². The van der Waals surface area contributed by atoms with Gasteiger partial charge in [-0.15, -0.1) is 0 Å². The normalized spacial score (nSPS) is 11.6. The largest absolute Gasteiger partial charge is 0.477 e. The molecule has 0 saturated carbocycles. The number of hydrogen-bond acceptors (Lipinski definition) is 5. The summed E-state index contributed by atoms with van der Waals surface area (Å²) in [7, 11) is -2.84. The molecule has 2 N–H and O–H groups in total. The van der Waals surface area contributed by atoms with E-state index in [1.54, 1.807) is 13.8 Å². The van der Waals surface area contributed by atoms with E-state index >= 15 is 0 Å². The third-order valence-corrected chi connectivity index (χ3v) is 3.91. The molecule has 1 rings (SSSR count). The molecule has 0 radical (unpaired) electrons. The molecule has 0 atom stereocenters. The van der Waals surface area contributed by atoms with Crippen LogP contribution in [0.15, 0.2) is 17.2 Å². The molecule has 0 amide bonds. The summed E-state index contributed by atoms with van der Waals surface area (Å²) in [5.74, 6) is -1.97. The molecule has 0 fully saturated rings. The lowest BCUT2D eigenvalue weighted by molar-refractivity contribution is -0.139. The molecule has 20 heavy (non-hydrogen) atoms. The second kappa shape index (κ2) is 6.06. The number of carbonyl (C=O) groups is 2. The van der Waals surface area contributed by atoms with Crippen LogP contribution in [0.4, 0.5) is 0 Å². The van der Waals surface area contributed by atoms with Crippen LogP contribution in [0, 0.1) is 0 Å². The molecule has 0 aliphatic rings. The third kappa shape index (κ3) is 3.58. The summed E-state index contributed by atoms with van der Waals surface area (Å²) in [6.07, 6.45) is 1.22. The molecule has 0 bridgehead atoms. The van der Waals surface area contributed by atoms with Gasteiger partial charge in [-0.25, -0.2) is 13.2 Å². The maximum Gasteiger partial charge on any atom is 0.352 e. The highest BCUT2D eigenvalue weighted by atomic mass is 32.2. The highest BCUT2D eigenvalue weighted by Crippen LogP contribution is 2.18. The molecule has 9 heteroatoms. The van der Waals surface area contributed by atoms with Gasteiger partial charge in [-0.05, 0) is 19.9 Å². The molecule has 8 nitrogen and oxygen atoms in total. The van der Waals surface area contributed by atoms with Crippen LogP contribution in [0.1, 0.15) is 30.4 Å². The Labute approximate surface area is 116 Å². The number of carboxylic acid groups (broad SMARTS) is 1. The maximum atomic E-state index is 11.9. The Morgan fingerprint density at radius 1 is 1.45 bits per heavy atom. The van der Waals surface area contributed by atoms with E-state index in [-0.39, 0.29) is 16.6 Å². The number of esters is 1. The van der Waals surface area contributed by atoms with Gasteiger partial charge in [-0.1, -0.05) is 0 Å². The van der Waals surface area contributed by atoms with Crippen molar-refractivity contribution in [2.45, 2.75) is 24.8 Å². The Balaban J connectivity index is 3.10. The molecule has 0 spiro atoms. The number of sulfonamides is 1. The van der Waals surface area contributed by atoms with Gasteiger partial charge in [0.05, 0.1) is 7.11 Å². The zero-order chi connectivity index (χ0) is 15.5. The Morgan fingerprint density at radius 3 is 2.45 bits per heavy atom. The van der Waals surface area contributed by atoms with Crippen molar-refractivity contribution in [3.8, 4) is 0 Å². The first kappa shape index (κ1) is 16.2. The lowest BCUT2D eigenvalue weighted by Gasteiger charge is -2.09. The Bertz CT molecular complexity index is 617. The molecule has 0 aliphatic carbocycles. The molecule has 1 heterocycles. The van der Waals surface area contributed by atoms with Gasteiger partial charge in [0.1, 0.15) is 17.1 Å². The average molecular weight is 304 g/mol. The van der Waals surface area contributed by atoms with Gasteiger partial charge in [0.2, 0.25) is 10.0 Å².